The van der Waals surface area contributed by atoms with Gasteiger partial charge in [-0.25, -0.2) is 0 Å². The smallest absolute Gasteiger partial charge is 0.0492 e. The molecule has 18 heavy (non-hydrogen) atoms. The topological polar surface area (TPSA) is 17.8 Å². The van der Waals surface area contributed by atoms with Crippen molar-refractivity contribution in [3.05, 3.63) is 18.0 Å². The van der Waals surface area contributed by atoms with E-state index in [1.807, 2.05) is 6.20 Å². The van der Waals surface area contributed by atoms with Crippen LogP contribution in [-0.2, 0) is 12.0 Å². The number of halogens is 1. The number of alkyl halides is 1. The number of aromatic nitrogens is 2. The van der Waals surface area contributed by atoms with Crippen LogP contribution in [0.4, 0.5) is 0 Å². The fourth-order valence-corrected chi connectivity index (χ4v) is 4.19. The maximum atomic E-state index is 6.64. The van der Waals surface area contributed by atoms with E-state index < -0.39 is 0 Å². The Morgan fingerprint density at radius 1 is 1.44 bits per heavy atom. The van der Waals surface area contributed by atoms with Crippen LogP contribution in [-0.4, -0.2) is 15.2 Å². The third-order valence-corrected chi connectivity index (χ3v) is 5.12. The summed E-state index contributed by atoms with van der Waals surface area (Å²) in [5.74, 6) is 1.33. The predicted octanol–water partition coefficient (Wildman–Crippen LogP) is 4.22. The van der Waals surface area contributed by atoms with Crippen molar-refractivity contribution in [1.29, 1.82) is 0 Å². The Bertz CT molecular complexity index is 397. The molecule has 0 bridgehead atoms. The van der Waals surface area contributed by atoms with Gasteiger partial charge in [-0.15, -0.1) is 11.6 Å². The van der Waals surface area contributed by atoms with E-state index in [2.05, 4.69) is 43.5 Å². The molecule has 2 rings (SSSR count). The zero-order valence-electron chi connectivity index (χ0n) is 12.0. The Hall–Kier alpha value is -0.500. The van der Waals surface area contributed by atoms with Crippen molar-refractivity contribution in [2.75, 3.05) is 0 Å². The number of rotatable bonds is 3. The van der Waals surface area contributed by atoms with Crippen LogP contribution in [0, 0.1) is 11.8 Å². The maximum absolute atomic E-state index is 6.64. The van der Waals surface area contributed by atoms with Crippen LogP contribution in [0.5, 0.6) is 0 Å². The first-order valence-corrected chi connectivity index (χ1v) is 7.56. The minimum absolute atomic E-state index is 0.110. The molecule has 0 N–H and O–H groups in total. The van der Waals surface area contributed by atoms with Crippen molar-refractivity contribution < 1.29 is 0 Å². The van der Waals surface area contributed by atoms with Crippen LogP contribution in [0.1, 0.15) is 52.7 Å². The van der Waals surface area contributed by atoms with Crippen molar-refractivity contribution in [3.63, 3.8) is 0 Å². The van der Waals surface area contributed by atoms with Gasteiger partial charge in [-0.05, 0) is 37.7 Å². The van der Waals surface area contributed by atoms with E-state index in [4.69, 9.17) is 11.6 Å². The Balaban J connectivity index is 2.25. The molecule has 1 aromatic heterocycles. The van der Waals surface area contributed by atoms with E-state index in [1.165, 1.54) is 18.5 Å². The molecule has 3 heteroatoms. The Kier molecular flexibility index (Phi) is 4.05. The van der Waals surface area contributed by atoms with Crippen LogP contribution >= 0.6 is 11.6 Å². The lowest BCUT2D eigenvalue weighted by atomic mass is 9.67. The molecule has 0 aliphatic heterocycles. The van der Waals surface area contributed by atoms with E-state index >= 15 is 0 Å². The molecule has 1 fully saturated rings. The van der Waals surface area contributed by atoms with Crippen molar-refractivity contribution in [3.8, 4) is 0 Å². The van der Waals surface area contributed by atoms with Gasteiger partial charge in [0.05, 0.1) is 0 Å². The molecule has 2 nitrogen and oxygen atoms in total. The first-order chi connectivity index (χ1) is 8.46. The monoisotopic (exact) mass is 268 g/mol. The summed E-state index contributed by atoms with van der Waals surface area (Å²) < 4.78 is 2.11. The largest absolute Gasteiger partial charge is 0.269 e. The second-order valence-electron chi connectivity index (χ2n) is 6.29. The molecule has 3 unspecified atom stereocenters. The highest BCUT2D eigenvalue weighted by Crippen LogP contribution is 2.44. The van der Waals surface area contributed by atoms with Gasteiger partial charge in [-0.2, -0.15) is 5.10 Å². The van der Waals surface area contributed by atoms with E-state index in [1.54, 1.807) is 0 Å². The first kappa shape index (κ1) is 13.9. The number of hydrogen-bond donors (Lipinski definition) is 0. The molecule has 0 radical (unpaired) electrons. The van der Waals surface area contributed by atoms with Gasteiger partial charge in [-0.3, -0.25) is 4.68 Å². The molecule has 1 heterocycles. The summed E-state index contributed by atoms with van der Waals surface area (Å²) in [5, 5.41) is 4.70. The second-order valence-corrected chi connectivity index (χ2v) is 6.86. The molecule has 0 aromatic carbocycles. The fraction of sp³-hybridized carbons (Fsp3) is 0.800. The normalized spacial score (nSPS) is 29.5. The Labute approximate surface area is 116 Å². The Morgan fingerprint density at radius 3 is 2.78 bits per heavy atom. The summed E-state index contributed by atoms with van der Waals surface area (Å²) in [6.45, 7) is 10.0. The number of hydrogen-bond acceptors (Lipinski definition) is 1. The predicted molar refractivity (Wildman–Crippen MR) is 77.1 cm³/mol. The summed E-state index contributed by atoms with van der Waals surface area (Å²) in [4.78, 5) is 0. The molecule has 1 aromatic rings. The molecular weight excluding hydrogens is 244 g/mol. The molecule has 0 spiro atoms. The van der Waals surface area contributed by atoms with Crippen molar-refractivity contribution in [1.82, 2.24) is 9.78 Å². The lowest BCUT2D eigenvalue weighted by Gasteiger charge is -2.42. The number of nitrogens with zero attached hydrogens (tertiary/aromatic N) is 2. The van der Waals surface area contributed by atoms with Gasteiger partial charge >= 0.3 is 0 Å². The van der Waals surface area contributed by atoms with Gasteiger partial charge in [0.25, 0.3) is 0 Å². The van der Waals surface area contributed by atoms with Crippen LogP contribution in [0.25, 0.3) is 0 Å². The zero-order chi connectivity index (χ0) is 13.3. The number of aryl methyl sites for hydroxylation is 1. The van der Waals surface area contributed by atoms with E-state index in [0.29, 0.717) is 11.3 Å². The standard InChI is InChI=1S/C15H25ClN2/c1-5-18-14(8-9-17-18)15(3,4)12-7-6-11(2)10-13(12)16/h8-9,11-13H,5-7,10H2,1-4H3. The first-order valence-electron chi connectivity index (χ1n) is 7.13. The average molecular weight is 269 g/mol. The van der Waals surface area contributed by atoms with Crippen LogP contribution in [0.2, 0.25) is 0 Å². The summed E-state index contributed by atoms with van der Waals surface area (Å²) in [6, 6.07) is 2.16. The molecule has 3 atom stereocenters. The quantitative estimate of drug-likeness (QED) is 0.751. The van der Waals surface area contributed by atoms with Gasteiger partial charge in [-0.1, -0.05) is 27.2 Å². The molecule has 1 aliphatic carbocycles. The summed E-state index contributed by atoms with van der Waals surface area (Å²) >= 11 is 6.64. The fourth-order valence-electron chi connectivity index (χ4n) is 3.45. The summed E-state index contributed by atoms with van der Waals surface area (Å²) in [6.07, 6.45) is 5.60. The van der Waals surface area contributed by atoms with Crippen LogP contribution in [0.15, 0.2) is 12.3 Å². The van der Waals surface area contributed by atoms with Gasteiger partial charge in [0.15, 0.2) is 0 Å². The molecular formula is C15H25ClN2. The second kappa shape index (κ2) is 5.24. The summed E-state index contributed by atoms with van der Waals surface area (Å²) in [5.41, 5.74) is 1.44. The molecule has 0 amide bonds. The highest BCUT2D eigenvalue weighted by atomic mass is 35.5. The van der Waals surface area contributed by atoms with Gasteiger partial charge in [0, 0.05) is 29.2 Å². The lowest BCUT2D eigenvalue weighted by molar-refractivity contribution is 0.199. The van der Waals surface area contributed by atoms with Crippen molar-refractivity contribution in [2.24, 2.45) is 11.8 Å². The van der Waals surface area contributed by atoms with Gasteiger partial charge < -0.3 is 0 Å². The maximum Gasteiger partial charge on any atom is 0.0492 e. The summed E-state index contributed by atoms with van der Waals surface area (Å²) in [7, 11) is 0. The third kappa shape index (κ3) is 2.45. The van der Waals surface area contributed by atoms with Crippen molar-refractivity contribution >= 4 is 11.6 Å². The molecule has 0 saturated heterocycles. The average Bonchev–Trinajstić information content (AvgIpc) is 2.76. The van der Waals surface area contributed by atoms with Crippen molar-refractivity contribution in [2.45, 2.75) is 64.3 Å². The van der Waals surface area contributed by atoms with Gasteiger partial charge in [0.2, 0.25) is 0 Å². The van der Waals surface area contributed by atoms with Gasteiger partial charge in [0.1, 0.15) is 0 Å². The Morgan fingerprint density at radius 2 is 2.17 bits per heavy atom. The third-order valence-electron chi connectivity index (χ3n) is 4.64. The lowest BCUT2D eigenvalue weighted by Crippen LogP contribution is -2.40. The molecule has 1 aliphatic rings. The molecule has 1 saturated carbocycles. The SMILES string of the molecule is CCn1nccc1C(C)(C)C1CCC(C)CC1Cl. The van der Waals surface area contributed by atoms with E-state index in [0.717, 1.165) is 18.9 Å². The molecule has 102 valence electrons. The van der Waals surface area contributed by atoms with E-state index in [-0.39, 0.29) is 5.41 Å². The van der Waals surface area contributed by atoms with Crippen LogP contribution in [0.3, 0.4) is 0 Å². The van der Waals surface area contributed by atoms with Crippen LogP contribution < -0.4 is 0 Å². The highest BCUT2D eigenvalue weighted by Gasteiger charge is 2.40. The van der Waals surface area contributed by atoms with E-state index in [9.17, 15) is 0 Å². The minimum atomic E-state index is 0.110. The minimum Gasteiger partial charge on any atom is -0.269 e. The zero-order valence-corrected chi connectivity index (χ0v) is 12.7. The highest BCUT2D eigenvalue weighted by molar-refractivity contribution is 6.20.